The van der Waals surface area contributed by atoms with E-state index in [0.29, 0.717) is 0 Å². The van der Waals surface area contributed by atoms with Crippen molar-refractivity contribution >= 4 is 11.6 Å². The van der Waals surface area contributed by atoms with Crippen molar-refractivity contribution in [2.75, 3.05) is 18.6 Å². The van der Waals surface area contributed by atoms with Crippen molar-refractivity contribution < 1.29 is 15.0 Å². The quantitative estimate of drug-likeness (QED) is 0.614. The van der Waals surface area contributed by atoms with Gasteiger partial charge in [0.25, 0.3) is 5.79 Å². The molecule has 0 radical (unpaired) electrons. The van der Waals surface area contributed by atoms with Crippen LogP contribution in [0.4, 0.5) is 5.69 Å². The number of nitrogens with zero attached hydrogens (tertiary/aromatic N) is 2. The van der Waals surface area contributed by atoms with Gasteiger partial charge in [-0.1, -0.05) is 18.2 Å². The van der Waals surface area contributed by atoms with Crippen LogP contribution in [0.15, 0.2) is 30.3 Å². The van der Waals surface area contributed by atoms with Crippen LogP contribution in [0.5, 0.6) is 0 Å². The Morgan fingerprint density at radius 2 is 1.87 bits per heavy atom. The molecule has 0 aliphatic carbocycles. The monoisotopic (exact) mass is 208 g/mol. The summed E-state index contributed by atoms with van der Waals surface area (Å²) in [5.74, 6) is -3.00. The fraction of sp³-hybridized carbons (Fsp3) is 0.300. The van der Waals surface area contributed by atoms with Gasteiger partial charge in [0.1, 0.15) is 6.54 Å². The predicted octanol–water partition coefficient (Wildman–Crippen LogP) is -0.439. The number of carbonyl (C=O) groups excluding carboxylic acids is 1. The van der Waals surface area contributed by atoms with Crippen molar-refractivity contribution in [1.82, 2.24) is 5.01 Å². The number of para-hydroxylation sites is 1. The molecule has 80 valence electrons. The molecular formula is C10H12N2O3. The van der Waals surface area contributed by atoms with Crippen LogP contribution >= 0.6 is 0 Å². The van der Waals surface area contributed by atoms with Gasteiger partial charge in [0.15, 0.2) is 0 Å². The zero-order valence-electron chi connectivity index (χ0n) is 8.29. The molecule has 1 fully saturated rings. The molecule has 0 spiro atoms. The molecule has 5 nitrogen and oxygen atoms in total. The predicted molar refractivity (Wildman–Crippen MR) is 53.7 cm³/mol. The van der Waals surface area contributed by atoms with Crippen LogP contribution in [-0.4, -0.2) is 40.5 Å². The van der Waals surface area contributed by atoms with E-state index in [1.165, 1.54) is 17.1 Å². The highest BCUT2D eigenvalue weighted by atomic mass is 16.5. The number of amides is 1. The van der Waals surface area contributed by atoms with Gasteiger partial charge in [0.2, 0.25) is 0 Å². The number of hydrogen-bond acceptors (Lipinski definition) is 4. The zero-order valence-corrected chi connectivity index (χ0v) is 8.29. The van der Waals surface area contributed by atoms with Crippen molar-refractivity contribution in [1.29, 1.82) is 0 Å². The molecule has 0 saturated carbocycles. The first-order valence-corrected chi connectivity index (χ1v) is 4.58. The minimum absolute atomic E-state index is 0.146. The molecule has 2 N–H and O–H groups in total. The van der Waals surface area contributed by atoms with Crippen molar-refractivity contribution in [3.8, 4) is 0 Å². The van der Waals surface area contributed by atoms with E-state index in [-0.39, 0.29) is 6.54 Å². The SMILES string of the molecule is CN1C(=O)C(O)(O)CN1c1ccccc1. The summed E-state index contributed by atoms with van der Waals surface area (Å²) in [6.07, 6.45) is 0. The van der Waals surface area contributed by atoms with Gasteiger partial charge >= 0.3 is 5.91 Å². The highest BCUT2D eigenvalue weighted by molar-refractivity contribution is 5.88. The highest BCUT2D eigenvalue weighted by Gasteiger charge is 2.47. The number of benzene rings is 1. The van der Waals surface area contributed by atoms with Crippen molar-refractivity contribution in [3.05, 3.63) is 30.3 Å². The Bertz CT molecular complexity index is 378. The topological polar surface area (TPSA) is 64.0 Å². The average molecular weight is 208 g/mol. The molecule has 0 bridgehead atoms. The molecule has 1 aromatic carbocycles. The van der Waals surface area contributed by atoms with E-state index in [0.717, 1.165) is 5.69 Å². The third-order valence-electron chi connectivity index (χ3n) is 2.42. The van der Waals surface area contributed by atoms with Crippen LogP contribution in [0.2, 0.25) is 0 Å². The summed E-state index contributed by atoms with van der Waals surface area (Å²) in [4.78, 5) is 11.4. The maximum atomic E-state index is 11.4. The lowest BCUT2D eigenvalue weighted by Crippen LogP contribution is -2.40. The molecule has 2 rings (SSSR count). The molecule has 1 aliphatic heterocycles. The van der Waals surface area contributed by atoms with Gasteiger partial charge in [-0.2, -0.15) is 0 Å². The maximum absolute atomic E-state index is 11.4. The number of aliphatic hydroxyl groups is 2. The summed E-state index contributed by atoms with van der Waals surface area (Å²) in [5.41, 5.74) is 0.748. The van der Waals surface area contributed by atoms with E-state index < -0.39 is 11.7 Å². The Balaban J connectivity index is 2.31. The normalized spacial score (nSPS) is 19.8. The fourth-order valence-electron chi connectivity index (χ4n) is 1.62. The molecule has 0 aromatic heterocycles. The van der Waals surface area contributed by atoms with E-state index >= 15 is 0 Å². The molecule has 1 amide bonds. The molecule has 0 unspecified atom stereocenters. The summed E-state index contributed by atoms with van der Waals surface area (Å²) in [6.45, 7) is -0.146. The molecule has 0 atom stereocenters. The van der Waals surface area contributed by atoms with E-state index in [2.05, 4.69) is 0 Å². The van der Waals surface area contributed by atoms with E-state index in [1.54, 1.807) is 12.1 Å². The summed E-state index contributed by atoms with van der Waals surface area (Å²) in [5, 5.41) is 21.5. The lowest BCUT2D eigenvalue weighted by molar-refractivity contribution is -0.177. The molecule has 1 heterocycles. The standard InChI is InChI=1S/C10H12N2O3/c1-11-9(13)10(14,15)7-12(11)8-5-3-2-4-6-8/h2-6,14-15H,7H2,1H3. The Labute approximate surface area is 87.1 Å². The average Bonchev–Trinajstić information content (AvgIpc) is 2.44. The number of hydrazine groups is 1. The summed E-state index contributed by atoms with van der Waals surface area (Å²) >= 11 is 0. The second kappa shape index (κ2) is 3.22. The van der Waals surface area contributed by atoms with E-state index in [9.17, 15) is 15.0 Å². The summed E-state index contributed by atoms with van der Waals surface area (Å²) in [6, 6.07) is 9.09. The van der Waals surface area contributed by atoms with Crippen LogP contribution in [0.25, 0.3) is 0 Å². The summed E-state index contributed by atoms with van der Waals surface area (Å²) < 4.78 is 0. The highest BCUT2D eigenvalue weighted by Crippen LogP contribution is 2.24. The van der Waals surface area contributed by atoms with Gasteiger partial charge in [-0.15, -0.1) is 0 Å². The number of hydrogen-bond donors (Lipinski definition) is 2. The molecule has 1 aliphatic rings. The van der Waals surface area contributed by atoms with Gasteiger partial charge in [0.05, 0.1) is 5.69 Å². The number of likely N-dealkylation sites (N-methyl/N-ethyl adjacent to an activating group) is 1. The van der Waals surface area contributed by atoms with E-state index in [1.807, 2.05) is 18.2 Å². The summed E-state index contributed by atoms with van der Waals surface area (Å²) in [7, 11) is 1.50. The van der Waals surface area contributed by atoms with Crippen molar-refractivity contribution in [3.63, 3.8) is 0 Å². The third kappa shape index (κ3) is 1.55. The molecule has 1 saturated heterocycles. The first-order valence-electron chi connectivity index (χ1n) is 4.58. The number of carbonyl (C=O) groups is 1. The Hall–Kier alpha value is -1.59. The molecule has 5 heteroatoms. The van der Waals surface area contributed by atoms with Crippen LogP contribution in [0.1, 0.15) is 0 Å². The van der Waals surface area contributed by atoms with Crippen molar-refractivity contribution in [2.45, 2.75) is 5.79 Å². The van der Waals surface area contributed by atoms with Gasteiger partial charge in [-0.25, -0.2) is 0 Å². The number of rotatable bonds is 1. The zero-order chi connectivity index (χ0) is 11.1. The van der Waals surface area contributed by atoms with Crippen LogP contribution < -0.4 is 5.01 Å². The smallest absolute Gasteiger partial charge is 0.302 e. The second-order valence-electron chi connectivity index (χ2n) is 3.54. The fourth-order valence-corrected chi connectivity index (χ4v) is 1.62. The number of anilines is 1. The Morgan fingerprint density at radius 1 is 1.27 bits per heavy atom. The van der Waals surface area contributed by atoms with E-state index in [4.69, 9.17) is 0 Å². The Kier molecular flexibility index (Phi) is 2.13. The lowest BCUT2D eigenvalue weighted by atomic mass is 10.2. The van der Waals surface area contributed by atoms with Crippen LogP contribution in [-0.2, 0) is 4.79 Å². The number of β-amino-alcohol motifs (C(OH)–C–C–N with tert-alkyl or cyclic N) is 2. The minimum atomic E-state index is -2.29. The molecular weight excluding hydrogens is 196 g/mol. The van der Waals surface area contributed by atoms with Crippen LogP contribution in [0, 0.1) is 0 Å². The third-order valence-corrected chi connectivity index (χ3v) is 2.42. The molecule has 1 aromatic rings. The van der Waals surface area contributed by atoms with Gasteiger partial charge in [-0.05, 0) is 12.1 Å². The first kappa shape index (κ1) is 9.95. The lowest BCUT2D eigenvalue weighted by Gasteiger charge is -2.24. The molecule has 15 heavy (non-hydrogen) atoms. The largest absolute Gasteiger partial charge is 0.357 e. The maximum Gasteiger partial charge on any atom is 0.302 e. The van der Waals surface area contributed by atoms with Gasteiger partial charge < -0.3 is 10.2 Å². The van der Waals surface area contributed by atoms with Crippen LogP contribution in [0.3, 0.4) is 0 Å². The van der Waals surface area contributed by atoms with Gasteiger partial charge in [-0.3, -0.25) is 14.8 Å². The van der Waals surface area contributed by atoms with Gasteiger partial charge in [0, 0.05) is 7.05 Å². The second-order valence-corrected chi connectivity index (χ2v) is 3.54. The Morgan fingerprint density at radius 3 is 2.33 bits per heavy atom. The first-order chi connectivity index (χ1) is 7.02. The van der Waals surface area contributed by atoms with Crippen molar-refractivity contribution in [2.24, 2.45) is 0 Å². The minimum Gasteiger partial charge on any atom is -0.357 e.